The van der Waals surface area contributed by atoms with Gasteiger partial charge in [-0.2, -0.15) is 0 Å². The van der Waals surface area contributed by atoms with E-state index in [1.165, 1.54) is 11.3 Å². The highest BCUT2D eigenvalue weighted by atomic mass is 127. The third-order valence-corrected chi connectivity index (χ3v) is 5.94. The van der Waals surface area contributed by atoms with Crippen molar-refractivity contribution < 1.29 is 13.2 Å². The number of hydrogen-bond donors (Lipinski definition) is 2. The Morgan fingerprint density at radius 1 is 1.37 bits per heavy atom. The van der Waals surface area contributed by atoms with Crippen LogP contribution in [0, 0.1) is 0 Å². The van der Waals surface area contributed by atoms with Gasteiger partial charge >= 0.3 is 0 Å². The van der Waals surface area contributed by atoms with Crippen LogP contribution in [0.2, 0.25) is 0 Å². The minimum atomic E-state index is -2.97. The molecule has 1 aliphatic rings. The van der Waals surface area contributed by atoms with E-state index in [-0.39, 0.29) is 36.3 Å². The summed E-state index contributed by atoms with van der Waals surface area (Å²) in [7, 11) is -2.97. The van der Waals surface area contributed by atoms with Crippen molar-refractivity contribution in [3.63, 3.8) is 0 Å². The highest BCUT2D eigenvalue weighted by molar-refractivity contribution is 14.0. The van der Waals surface area contributed by atoms with Crippen molar-refractivity contribution in [3.8, 4) is 0 Å². The standard InChI is InChI=1S/C17H30N4O3S2.HI/c1-3-18-17(19-8-11-24-12-14-26(2,22)23)20-15-6-9-21(10-7-15)16-5-4-13-25-16;/h4-5,13,15H,3,6-12,14H2,1-2H3,(H2,18,19,20);1H. The molecule has 0 amide bonds. The second-order valence-electron chi connectivity index (χ2n) is 6.36. The number of aliphatic imine (C=N–C) groups is 1. The first-order valence-corrected chi connectivity index (χ1v) is 12.0. The topological polar surface area (TPSA) is 83.0 Å². The zero-order chi connectivity index (χ0) is 18.8. The fourth-order valence-corrected chi connectivity index (χ4v) is 3.95. The smallest absolute Gasteiger partial charge is 0.191 e. The molecule has 0 aromatic carbocycles. The van der Waals surface area contributed by atoms with Crippen LogP contribution in [-0.4, -0.2) is 71.8 Å². The molecule has 2 heterocycles. The molecule has 2 N–H and O–H groups in total. The van der Waals surface area contributed by atoms with E-state index in [2.05, 4.69) is 38.0 Å². The van der Waals surface area contributed by atoms with Crippen molar-refractivity contribution >= 4 is 56.1 Å². The van der Waals surface area contributed by atoms with Gasteiger partial charge in [-0.05, 0) is 37.3 Å². The molecule has 7 nitrogen and oxygen atoms in total. The Morgan fingerprint density at radius 3 is 2.70 bits per heavy atom. The van der Waals surface area contributed by atoms with Crippen molar-refractivity contribution in [1.82, 2.24) is 10.6 Å². The number of hydrogen-bond acceptors (Lipinski definition) is 6. The number of nitrogens with one attached hydrogen (secondary N) is 2. The maximum Gasteiger partial charge on any atom is 0.191 e. The van der Waals surface area contributed by atoms with Crippen molar-refractivity contribution in [2.45, 2.75) is 25.8 Å². The van der Waals surface area contributed by atoms with E-state index in [1.807, 2.05) is 6.92 Å². The number of guanidine groups is 1. The van der Waals surface area contributed by atoms with Crippen molar-refractivity contribution in [2.75, 3.05) is 56.3 Å². The maximum absolute atomic E-state index is 11.0. The molecule has 0 aliphatic carbocycles. The molecule has 0 atom stereocenters. The highest BCUT2D eigenvalue weighted by Gasteiger charge is 2.20. The molecular formula is C17H31IN4O3S2. The number of sulfone groups is 1. The molecule has 1 fully saturated rings. The Bertz CT molecular complexity index is 645. The average molecular weight is 530 g/mol. The summed E-state index contributed by atoms with van der Waals surface area (Å²) in [5, 5.41) is 10.2. The van der Waals surface area contributed by atoms with E-state index >= 15 is 0 Å². The van der Waals surface area contributed by atoms with Gasteiger partial charge in [-0.3, -0.25) is 4.99 Å². The fourth-order valence-electron chi connectivity index (χ4n) is 2.74. The van der Waals surface area contributed by atoms with Crippen molar-refractivity contribution in [1.29, 1.82) is 0 Å². The first-order chi connectivity index (χ1) is 12.5. The number of rotatable bonds is 9. The lowest BCUT2D eigenvalue weighted by Gasteiger charge is -2.33. The predicted octanol–water partition coefficient (Wildman–Crippen LogP) is 1.95. The quantitative estimate of drug-likeness (QED) is 0.220. The van der Waals surface area contributed by atoms with Crippen LogP contribution in [0.1, 0.15) is 19.8 Å². The Kier molecular flexibility index (Phi) is 11.6. The Balaban J connectivity index is 0.00000364. The molecule has 1 aromatic rings. The van der Waals surface area contributed by atoms with E-state index in [0.29, 0.717) is 19.2 Å². The Morgan fingerprint density at radius 2 is 2.11 bits per heavy atom. The van der Waals surface area contributed by atoms with Crippen LogP contribution in [0.15, 0.2) is 22.5 Å². The summed E-state index contributed by atoms with van der Waals surface area (Å²) >= 11 is 1.79. The van der Waals surface area contributed by atoms with Crippen LogP contribution in [0.25, 0.3) is 0 Å². The molecule has 1 saturated heterocycles. The van der Waals surface area contributed by atoms with Gasteiger partial charge in [0, 0.05) is 31.9 Å². The third kappa shape index (κ3) is 9.95. The lowest BCUT2D eigenvalue weighted by atomic mass is 10.1. The monoisotopic (exact) mass is 530 g/mol. The maximum atomic E-state index is 11.0. The second-order valence-corrected chi connectivity index (χ2v) is 9.55. The fraction of sp³-hybridized carbons (Fsp3) is 0.706. The largest absolute Gasteiger partial charge is 0.378 e. The normalized spacial score (nSPS) is 16.1. The molecule has 1 aromatic heterocycles. The summed E-state index contributed by atoms with van der Waals surface area (Å²) in [6, 6.07) is 4.68. The zero-order valence-electron chi connectivity index (χ0n) is 16.0. The minimum Gasteiger partial charge on any atom is -0.378 e. The summed E-state index contributed by atoms with van der Waals surface area (Å²) in [5.41, 5.74) is 0. The van der Waals surface area contributed by atoms with Gasteiger partial charge in [0.15, 0.2) is 5.96 Å². The summed E-state index contributed by atoms with van der Waals surface area (Å²) in [6.07, 6.45) is 3.37. The number of nitrogens with zero attached hydrogens (tertiary/aromatic N) is 2. The molecule has 0 radical (unpaired) electrons. The van der Waals surface area contributed by atoms with Gasteiger partial charge in [0.05, 0.1) is 30.5 Å². The lowest BCUT2D eigenvalue weighted by Crippen LogP contribution is -2.48. The van der Waals surface area contributed by atoms with E-state index in [4.69, 9.17) is 4.74 Å². The van der Waals surface area contributed by atoms with E-state index < -0.39 is 9.84 Å². The van der Waals surface area contributed by atoms with Crippen molar-refractivity contribution in [3.05, 3.63) is 17.5 Å². The predicted molar refractivity (Wildman–Crippen MR) is 125 cm³/mol. The van der Waals surface area contributed by atoms with Gasteiger partial charge < -0.3 is 20.3 Å². The molecule has 0 spiro atoms. The molecule has 0 bridgehead atoms. The SMILES string of the molecule is CCNC(=NCCOCCS(C)(=O)=O)NC1CCN(c2cccs2)CC1.I. The van der Waals surface area contributed by atoms with Gasteiger partial charge in [0.1, 0.15) is 9.84 Å². The van der Waals surface area contributed by atoms with Gasteiger partial charge in [0.25, 0.3) is 0 Å². The molecule has 27 heavy (non-hydrogen) atoms. The summed E-state index contributed by atoms with van der Waals surface area (Å²) in [6.45, 7) is 6.09. The molecular weight excluding hydrogens is 499 g/mol. The molecule has 10 heteroatoms. The third-order valence-electron chi connectivity index (χ3n) is 4.10. The van der Waals surface area contributed by atoms with Crippen LogP contribution in [-0.2, 0) is 14.6 Å². The minimum absolute atomic E-state index is 0. The van der Waals surface area contributed by atoms with Crippen LogP contribution < -0.4 is 15.5 Å². The second kappa shape index (κ2) is 12.8. The van der Waals surface area contributed by atoms with Crippen LogP contribution in [0.3, 0.4) is 0 Å². The number of thiophene rings is 1. The van der Waals surface area contributed by atoms with Crippen LogP contribution >= 0.6 is 35.3 Å². The number of halogens is 1. The van der Waals surface area contributed by atoms with Crippen LogP contribution in [0.4, 0.5) is 5.00 Å². The zero-order valence-corrected chi connectivity index (χ0v) is 20.0. The molecule has 0 saturated carbocycles. The Labute approximate surface area is 183 Å². The average Bonchev–Trinajstić information content (AvgIpc) is 3.12. The first-order valence-electron chi connectivity index (χ1n) is 9.06. The van der Waals surface area contributed by atoms with Gasteiger partial charge in [0.2, 0.25) is 0 Å². The highest BCUT2D eigenvalue weighted by Crippen LogP contribution is 2.24. The molecule has 1 aliphatic heterocycles. The van der Waals surface area contributed by atoms with Gasteiger partial charge in [-0.25, -0.2) is 8.42 Å². The molecule has 2 rings (SSSR count). The molecule has 0 unspecified atom stereocenters. The van der Waals surface area contributed by atoms with E-state index in [9.17, 15) is 8.42 Å². The molecule has 156 valence electrons. The van der Waals surface area contributed by atoms with E-state index in [0.717, 1.165) is 38.4 Å². The summed E-state index contributed by atoms with van der Waals surface area (Å²) in [5.74, 6) is 0.853. The van der Waals surface area contributed by atoms with E-state index in [1.54, 1.807) is 11.3 Å². The Hall–Kier alpha value is -0.590. The number of ether oxygens (including phenoxy) is 1. The van der Waals surface area contributed by atoms with Gasteiger partial charge in [-0.1, -0.05) is 0 Å². The van der Waals surface area contributed by atoms with Gasteiger partial charge in [-0.15, -0.1) is 35.3 Å². The van der Waals surface area contributed by atoms with Crippen molar-refractivity contribution in [2.24, 2.45) is 4.99 Å². The summed E-state index contributed by atoms with van der Waals surface area (Å²) < 4.78 is 27.4. The first kappa shape index (κ1) is 24.4. The lowest BCUT2D eigenvalue weighted by molar-refractivity contribution is 0.157. The number of anilines is 1. The van der Waals surface area contributed by atoms with Crippen LogP contribution in [0.5, 0.6) is 0 Å². The summed E-state index contributed by atoms with van der Waals surface area (Å²) in [4.78, 5) is 6.95. The number of piperidine rings is 1.